The Bertz CT molecular complexity index is 579. The van der Waals surface area contributed by atoms with E-state index >= 15 is 0 Å². The van der Waals surface area contributed by atoms with Crippen molar-refractivity contribution in [2.75, 3.05) is 6.54 Å². The summed E-state index contributed by atoms with van der Waals surface area (Å²) in [6.45, 7) is 1.38. The fraction of sp³-hybridized carbons (Fsp3) is 0.231. The highest BCUT2D eigenvalue weighted by Crippen LogP contribution is 2.22. The van der Waals surface area contributed by atoms with Crippen LogP contribution in [0.1, 0.15) is 21.6 Å². The monoisotopic (exact) mass is 353 g/mol. The SMILES string of the molecule is O=C(c1ccccc1)N1CCc2c(I)n[nH]c2C1. The van der Waals surface area contributed by atoms with Crippen LogP contribution in [0.25, 0.3) is 0 Å². The molecule has 0 saturated carbocycles. The summed E-state index contributed by atoms with van der Waals surface area (Å²) in [7, 11) is 0. The fourth-order valence-corrected chi connectivity index (χ4v) is 2.93. The van der Waals surface area contributed by atoms with Crippen molar-refractivity contribution in [1.29, 1.82) is 0 Å². The van der Waals surface area contributed by atoms with Crippen LogP contribution in [0.2, 0.25) is 0 Å². The van der Waals surface area contributed by atoms with Crippen LogP contribution in [0.3, 0.4) is 0 Å². The van der Waals surface area contributed by atoms with Crippen LogP contribution in [-0.2, 0) is 13.0 Å². The van der Waals surface area contributed by atoms with Crippen LogP contribution in [0.4, 0.5) is 0 Å². The molecule has 0 saturated heterocycles. The van der Waals surface area contributed by atoms with Gasteiger partial charge in [-0.2, -0.15) is 5.10 Å². The minimum absolute atomic E-state index is 0.0888. The smallest absolute Gasteiger partial charge is 0.254 e. The second kappa shape index (κ2) is 4.72. The predicted octanol–water partition coefficient (Wildman–Crippen LogP) is 2.21. The van der Waals surface area contributed by atoms with Gasteiger partial charge >= 0.3 is 0 Å². The number of hydrogen-bond donors (Lipinski definition) is 1. The summed E-state index contributed by atoms with van der Waals surface area (Å²) >= 11 is 2.23. The van der Waals surface area contributed by atoms with Crippen LogP contribution in [-0.4, -0.2) is 27.5 Å². The number of H-pyrrole nitrogens is 1. The molecule has 1 aromatic carbocycles. The molecule has 1 aliphatic rings. The topological polar surface area (TPSA) is 49.0 Å². The Morgan fingerprint density at radius 2 is 2.11 bits per heavy atom. The lowest BCUT2D eigenvalue weighted by Crippen LogP contribution is -2.36. The standard InChI is InChI=1S/C13H12IN3O/c14-12-10-6-7-17(8-11(10)15-16-12)13(18)9-4-2-1-3-5-9/h1-5H,6-8H2,(H,15,16). The first-order chi connectivity index (χ1) is 8.75. The summed E-state index contributed by atoms with van der Waals surface area (Å²) in [6, 6.07) is 9.41. The number of carbonyl (C=O) groups is 1. The third-order valence-electron chi connectivity index (χ3n) is 3.19. The molecule has 2 aromatic rings. The quantitative estimate of drug-likeness (QED) is 0.800. The zero-order chi connectivity index (χ0) is 12.5. The molecule has 0 spiro atoms. The van der Waals surface area contributed by atoms with Gasteiger partial charge in [-0.15, -0.1) is 0 Å². The minimum Gasteiger partial charge on any atom is -0.332 e. The molecule has 0 atom stereocenters. The van der Waals surface area contributed by atoms with Crippen molar-refractivity contribution in [2.24, 2.45) is 0 Å². The molecule has 2 heterocycles. The number of aromatic amines is 1. The molecule has 4 nitrogen and oxygen atoms in total. The first kappa shape index (κ1) is 11.7. The molecule has 1 N–H and O–H groups in total. The van der Waals surface area contributed by atoms with E-state index in [-0.39, 0.29) is 5.91 Å². The molecule has 18 heavy (non-hydrogen) atoms. The van der Waals surface area contributed by atoms with Crippen molar-refractivity contribution in [3.63, 3.8) is 0 Å². The highest BCUT2D eigenvalue weighted by molar-refractivity contribution is 14.1. The number of carbonyl (C=O) groups excluding carboxylic acids is 1. The number of amides is 1. The molecule has 92 valence electrons. The van der Waals surface area contributed by atoms with Crippen molar-refractivity contribution in [2.45, 2.75) is 13.0 Å². The van der Waals surface area contributed by atoms with E-state index in [1.165, 1.54) is 5.56 Å². The number of nitrogens with one attached hydrogen (secondary N) is 1. The Morgan fingerprint density at radius 1 is 1.33 bits per heavy atom. The molecular weight excluding hydrogens is 341 g/mol. The van der Waals surface area contributed by atoms with Crippen LogP contribution >= 0.6 is 22.6 Å². The summed E-state index contributed by atoms with van der Waals surface area (Å²) in [5.41, 5.74) is 3.07. The number of hydrogen-bond acceptors (Lipinski definition) is 2. The van der Waals surface area contributed by atoms with Gasteiger partial charge in [0.2, 0.25) is 0 Å². The van der Waals surface area contributed by atoms with Crippen molar-refractivity contribution < 1.29 is 4.79 Å². The predicted molar refractivity (Wildman–Crippen MR) is 76.2 cm³/mol. The van der Waals surface area contributed by atoms with Gasteiger partial charge in [-0.3, -0.25) is 9.89 Å². The Morgan fingerprint density at radius 3 is 2.89 bits per heavy atom. The molecule has 5 heteroatoms. The van der Waals surface area contributed by atoms with Gasteiger partial charge < -0.3 is 4.90 Å². The summed E-state index contributed by atoms with van der Waals surface area (Å²) in [4.78, 5) is 14.2. The maximum Gasteiger partial charge on any atom is 0.254 e. The van der Waals surface area contributed by atoms with Gasteiger partial charge in [-0.25, -0.2) is 0 Å². The molecule has 0 bridgehead atoms. The Hall–Kier alpha value is -1.37. The van der Waals surface area contributed by atoms with Gasteiger partial charge in [-0.05, 0) is 41.1 Å². The van der Waals surface area contributed by atoms with Gasteiger partial charge in [0.05, 0.1) is 12.2 Å². The van der Waals surface area contributed by atoms with E-state index in [1.807, 2.05) is 35.2 Å². The minimum atomic E-state index is 0.0888. The Balaban J connectivity index is 1.82. The summed E-state index contributed by atoms with van der Waals surface area (Å²) in [5.74, 6) is 0.0888. The molecule has 0 fully saturated rings. The fourth-order valence-electron chi connectivity index (χ4n) is 2.21. The molecule has 1 aliphatic heterocycles. The maximum absolute atomic E-state index is 12.3. The summed E-state index contributed by atoms with van der Waals surface area (Å²) in [5, 5.41) is 7.20. The Labute approximate surface area is 119 Å². The second-order valence-electron chi connectivity index (χ2n) is 4.31. The van der Waals surface area contributed by atoms with Crippen LogP contribution in [0.15, 0.2) is 30.3 Å². The van der Waals surface area contributed by atoms with E-state index in [2.05, 4.69) is 32.8 Å². The lowest BCUT2D eigenvalue weighted by Gasteiger charge is -2.26. The van der Waals surface area contributed by atoms with E-state index < -0.39 is 0 Å². The molecule has 0 unspecified atom stereocenters. The van der Waals surface area contributed by atoms with Gasteiger partial charge in [0.1, 0.15) is 3.70 Å². The zero-order valence-electron chi connectivity index (χ0n) is 9.69. The highest BCUT2D eigenvalue weighted by Gasteiger charge is 2.24. The molecule has 0 aliphatic carbocycles. The van der Waals surface area contributed by atoms with Crippen LogP contribution in [0, 0.1) is 3.70 Å². The third-order valence-corrected chi connectivity index (χ3v) is 4.08. The number of rotatable bonds is 1. The molecule has 1 aromatic heterocycles. The average molecular weight is 353 g/mol. The highest BCUT2D eigenvalue weighted by atomic mass is 127. The van der Waals surface area contributed by atoms with Crippen molar-refractivity contribution in [1.82, 2.24) is 15.1 Å². The van der Waals surface area contributed by atoms with Gasteiger partial charge in [0.25, 0.3) is 5.91 Å². The van der Waals surface area contributed by atoms with Crippen molar-refractivity contribution in [3.8, 4) is 0 Å². The third kappa shape index (κ3) is 2.03. The lowest BCUT2D eigenvalue weighted by atomic mass is 10.1. The molecular formula is C13H12IN3O. The zero-order valence-corrected chi connectivity index (χ0v) is 11.8. The number of nitrogens with zero attached hydrogens (tertiary/aromatic N) is 2. The molecule has 3 rings (SSSR count). The van der Waals surface area contributed by atoms with Gasteiger partial charge in [-0.1, -0.05) is 18.2 Å². The van der Waals surface area contributed by atoms with E-state index in [4.69, 9.17) is 0 Å². The normalized spacial score (nSPS) is 14.4. The second-order valence-corrected chi connectivity index (χ2v) is 5.34. The van der Waals surface area contributed by atoms with Crippen LogP contribution in [0.5, 0.6) is 0 Å². The van der Waals surface area contributed by atoms with E-state index in [0.29, 0.717) is 6.54 Å². The van der Waals surface area contributed by atoms with E-state index in [0.717, 1.165) is 27.9 Å². The Kier molecular flexibility index (Phi) is 3.07. The molecule has 0 radical (unpaired) electrons. The van der Waals surface area contributed by atoms with Crippen molar-refractivity contribution in [3.05, 3.63) is 50.9 Å². The molecule has 1 amide bonds. The van der Waals surface area contributed by atoms with E-state index in [1.54, 1.807) is 0 Å². The van der Waals surface area contributed by atoms with Gasteiger partial charge in [0, 0.05) is 17.7 Å². The summed E-state index contributed by atoms with van der Waals surface area (Å²) < 4.78 is 1.02. The maximum atomic E-state index is 12.3. The summed E-state index contributed by atoms with van der Waals surface area (Å²) in [6.07, 6.45) is 0.878. The first-order valence-corrected chi connectivity index (χ1v) is 6.89. The number of fused-ring (bicyclic) bond motifs is 1. The average Bonchev–Trinajstić information content (AvgIpc) is 2.80. The van der Waals surface area contributed by atoms with E-state index in [9.17, 15) is 4.79 Å². The number of halogens is 1. The lowest BCUT2D eigenvalue weighted by molar-refractivity contribution is 0.0732. The number of benzene rings is 1. The first-order valence-electron chi connectivity index (χ1n) is 5.81. The van der Waals surface area contributed by atoms with Crippen molar-refractivity contribution >= 4 is 28.5 Å². The van der Waals surface area contributed by atoms with Gasteiger partial charge in [0.15, 0.2) is 0 Å². The number of aromatic nitrogens is 2. The largest absolute Gasteiger partial charge is 0.332 e. The van der Waals surface area contributed by atoms with Crippen LogP contribution < -0.4 is 0 Å².